The maximum atomic E-state index is 11.7. The predicted molar refractivity (Wildman–Crippen MR) is 74.1 cm³/mol. The van der Waals surface area contributed by atoms with Gasteiger partial charge >= 0.3 is 0 Å². The van der Waals surface area contributed by atoms with Crippen molar-refractivity contribution in [2.45, 2.75) is 13.0 Å². The number of fused-ring (bicyclic) bond motifs is 1. The van der Waals surface area contributed by atoms with Crippen molar-refractivity contribution >= 4 is 17.3 Å². The van der Waals surface area contributed by atoms with Crippen molar-refractivity contribution in [2.75, 3.05) is 23.3 Å². The van der Waals surface area contributed by atoms with Gasteiger partial charge in [0.25, 0.3) is 0 Å². The van der Waals surface area contributed by atoms with E-state index in [1.807, 2.05) is 41.2 Å². The number of nitrogens with one attached hydrogen (secondary N) is 1. The molecule has 0 bridgehead atoms. The number of rotatable bonds is 3. The summed E-state index contributed by atoms with van der Waals surface area (Å²) in [6.07, 6.45) is 4.25. The fourth-order valence-electron chi connectivity index (χ4n) is 2.31. The zero-order valence-electron chi connectivity index (χ0n) is 10.6. The maximum Gasteiger partial charge on any atom is 0.226 e. The Bertz CT molecular complexity index is 565. The molecule has 5 heteroatoms. The van der Waals surface area contributed by atoms with Crippen molar-refractivity contribution in [2.24, 2.45) is 0 Å². The number of carbonyl (C=O) groups excluding carboxylic acids is 1. The molecule has 0 fully saturated rings. The van der Waals surface area contributed by atoms with Crippen molar-refractivity contribution in [1.82, 2.24) is 9.78 Å². The van der Waals surface area contributed by atoms with E-state index in [1.54, 1.807) is 6.20 Å². The Morgan fingerprint density at radius 3 is 2.95 bits per heavy atom. The second-order valence-electron chi connectivity index (χ2n) is 4.57. The Hall–Kier alpha value is -2.30. The minimum atomic E-state index is 0.0778. The van der Waals surface area contributed by atoms with Gasteiger partial charge in [0.2, 0.25) is 5.91 Å². The largest absolute Gasteiger partial charge is 0.367 e. The monoisotopic (exact) mass is 256 g/mol. The van der Waals surface area contributed by atoms with E-state index in [2.05, 4.69) is 15.3 Å². The standard InChI is InChI=1S/C14H16N4O/c19-14-6-9-17(10-11-18-8-3-7-15-18)13-5-2-1-4-12(13)16-14/h1-5,7-8H,6,9-11H2,(H,16,19). The van der Waals surface area contributed by atoms with Crippen LogP contribution in [0.4, 0.5) is 11.4 Å². The Labute approximate surface area is 111 Å². The smallest absolute Gasteiger partial charge is 0.226 e. The van der Waals surface area contributed by atoms with Crippen molar-refractivity contribution in [3.05, 3.63) is 42.7 Å². The highest BCUT2D eigenvalue weighted by Crippen LogP contribution is 2.28. The van der Waals surface area contributed by atoms with Crippen LogP contribution in [0.5, 0.6) is 0 Å². The van der Waals surface area contributed by atoms with E-state index in [0.717, 1.165) is 31.0 Å². The van der Waals surface area contributed by atoms with Crippen LogP contribution < -0.4 is 10.2 Å². The van der Waals surface area contributed by atoms with E-state index in [1.165, 1.54) is 0 Å². The van der Waals surface area contributed by atoms with Crippen LogP contribution >= 0.6 is 0 Å². The fourth-order valence-corrected chi connectivity index (χ4v) is 2.31. The third kappa shape index (κ3) is 2.59. The van der Waals surface area contributed by atoms with Crippen LogP contribution in [-0.4, -0.2) is 28.8 Å². The van der Waals surface area contributed by atoms with E-state index in [-0.39, 0.29) is 5.91 Å². The molecule has 98 valence electrons. The lowest BCUT2D eigenvalue weighted by molar-refractivity contribution is -0.115. The third-order valence-electron chi connectivity index (χ3n) is 3.29. The molecule has 3 rings (SSSR count). The Morgan fingerprint density at radius 1 is 1.21 bits per heavy atom. The van der Waals surface area contributed by atoms with Gasteiger partial charge in [0.15, 0.2) is 0 Å². The van der Waals surface area contributed by atoms with Crippen molar-refractivity contribution in [3.8, 4) is 0 Å². The topological polar surface area (TPSA) is 50.2 Å². The molecule has 2 aromatic rings. The first-order valence-corrected chi connectivity index (χ1v) is 6.44. The molecular formula is C14H16N4O. The molecule has 0 saturated heterocycles. The van der Waals surface area contributed by atoms with Gasteiger partial charge in [0.1, 0.15) is 0 Å². The molecule has 1 aliphatic heterocycles. The van der Waals surface area contributed by atoms with Crippen molar-refractivity contribution in [3.63, 3.8) is 0 Å². The summed E-state index contributed by atoms with van der Waals surface area (Å²) in [6.45, 7) is 2.40. The summed E-state index contributed by atoms with van der Waals surface area (Å²) in [7, 11) is 0. The maximum absolute atomic E-state index is 11.7. The number of hydrogen-bond donors (Lipinski definition) is 1. The van der Waals surface area contributed by atoms with E-state index in [4.69, 9.17) is 0 Å². The quantitative estimate of drug-likeness (QED) is 0.910. The van der Waals surface area contributed by atoms with Crippen molar-refractivity contribution in [1.29, 1.82) is 0 Å². The lowest BCUT2D eigenvalue weighted by Crippen LogP contribution is -2.28. The molecule has 1 aromatic heterocycles. The summed E-state index contributed by atoms with van der Waals surface area (Å²) in [5, 5.41) is 7.14. The minimum absolute atomic E-state index is 0.0778. The molecular weight excluding hydrogens is 240 g/mol. The zero-order valence-corrected chi connectivity index (χ0v) is 10.6. The average Bonchev–Trinajstić information content (AvgIpc) is 2.87. The molecule has 0 aliphatic carbocycles. The van der Waals surface area contributed by atoms with Gasteiger partial charge in [0.05, 0.1) is 17.9 Å². The first-order chi connectivity index (χ1) is 9.33. The lowest BCUT2D eigenvalue weighted by atomic mass is 10.2. The zero-order chi connectivity index (χ0) is 13.1. The second kappa shape index (κ2) is 5.14. The average molecular weight is 256 g/mol. The second-order valence-corrected chi connectivity index (χ2v) is 4.57. The third-order valence-corrected chi connectivity index (χ3v) is 3.29. The summed E-state index contributed by atoms with van der Waals surface area (Å²) >= 11 is 0. The molecule has 1 amide bonds. The molecule has 19 heavy (non-hydrogen) atoms. The van der Waals surface area contributed by atoms with Crippen LogP contribution in [0.3, 0.4) is 0 Å². The molecule has 1 aliphatic rings. The van der Waals surface area contributed by atoms with Crippen LogP contribution in [-0.2, 0) is 11.3 Å². The summed E-state index contributed by atoms with van der Waals surface area (Å²) in [4.78, 5) is 13.9. The SMILES string of the molecule is O=C1CCN(CCn2cccn2)c2ccccc2N1. The molecule has 0 atom stereocenters. The predicted octanol–water partition coefficient (Wildman–Crippen LogP) is 1.73. The van der Waals surface area contributed by atoms with Gasteiger partial charge in [-0.05, 0) is 18.2 Å². The Balaban J connectivity index is 1.79. The van der Waals surface area contributed by atoms with E-state index < -0.39 is 0 Å². The minimum Gasteiger partial charge on any atom is -0.367 e. The van der Waals surface area contributed by atoms with Crippen LogP contribution in [0.25, 0.3) is 0 Å². The number of hydrogen-bond acceptors (Lipinski definition) is 3. The highest BCUT2D eigenvalue weighted by molar-refractivity contribution is 5.96. The Morgan fingerprint density at radius 2 is 2.11 bits per heavy atom. The van der Waals surface area contributed by atoms with Gasteiger partial charge in [0, 0.05) is 31.9 Å². The van der Waals surface area contributed by atoms with Crippen LogP contribution in [0, 0.1) is 0 Å². The number of aromatic nitrogens is 2. The Kier molecular flexibility index (Phi) is 3.18. The molecule has 0 saturated carbocycles. The molecule has 5 nitrogen and oxygen atoms in total. The summed E-state index contributed by atoms with van der Waals surface area (Å²) in [6, 6.07) is 9.85. The number of carbonyl (C=O) groups is 1. The molecule has 1 aromatic carbocycles. The van der Waals surface area contributed by atoms with Gasteiger partial charge in [-0.3, -0.25) is 9.48 Å². The number of anilines is 2. The summed E-state index contributed by atoms with van der Waals surface area (Å²) in [5.41, 5.74) is 1.98. The number of benzene rings is 1. The van der Waals surface area contributed by atoms with Gasteiger partial charge < -0.3 is 10.2 Å². The molecule has 1 N–H and O–H groups in total. The lowest BCUT2D eigenvalue weighted by Gasteiger charge is -2.23. The number of amides is 1. The van der Waals surface area contributed by atoms with Crippen LogP contribution in [0.15, 0.2) is 42.7 Å². The highest BCUT2D eigenvalue weighted by Gasteiger charge is 2.18. The van der Waals surface area contributed by atoms with Gasteiger partial charge in [-0.2, -0.15) is 5.10 Å². The van der Waals surface area contributed by atoms with E-state index in [0.29, 0.717) is 6.42 Å². The normalized spacial score (nSPS) is 14.7. The van der Waals surface area contributed by atoms with Crippen LogP contribution in [0.1, 0.15) is 6.42 Å². The fraction of sp³-hybridized carbons (Fsp3) is 0.286. The van der Waals surface area contributed by atoms with Crippen LogP contribution in [0.2, 0.25) is 0 Å². The number of para-hydroxylation sites is 2. The van der Waals surface area contributed by atoms with Crippen molar-refractivity contribution < 1.29 is 4.79 Å². The molecule has 0 radical (unpaired) electrons. The highest BCUT2D eigenvalue weighted by atomic mass is 16.1. The summed E-state index contributed by atoms with van der Waals surface area (Å²) < 4.78 is 1.91. The first-order valence-electron chi connectivity index (χ1n) is 6.44. The van der Waals surface area contributed by atoms with E-state index in [9.17, 15) is 4.79 Å². The number of nitrogens with zero attached hydrogens (tertiary/aromatic N) is 3. The van der Waals surface area contributed by atoms with Gasteiger partial charge in [-0.1, -0.05) is 12.1 Å². The summed E-state index contributed by atoms with van der Waals surface area (Å²) in [5.74, 6) is 0.0778. The molecule has 0 unspecified atom stereocenters. The first kappa shape index (κ1) is 11.8. The van der Waals surface area contributed by atoms with Gasteiger partial charge in [-0.15, -0.1) is 0 Å². The molecule has 2 heterocycles. The molecule has 0 spiro atoms. The van der Waals surface area contributed by atoms with E-state index >= 15 is 0 Å². The van der Waals surface area contributed by atoms with Gasteiger partial charge in [-0.25, -0.2) is 0 Å².